The van der Waals surface area contributed by atoms with Crippen LogP contribution in [0.3, 0.4) is 0 Å². The summed E-state index contributed by atoms with van der Waals surface area (Å²) in [5, 5.41) is 20.5. The Labute approximate surface area is 118 Å². The fraction of sp³-hybridized carbons (Fsp3) is 0.0833. The molecule has 0 fully saturated rings. The van der Waals surface area contributed by atoms with Crippen LogP contribution >= 0.6 is 23.7 Å². The highest BCUT2D eigenvalue weighted by Gasteiger charge is 2.21. The Bertz CT molecular complexity index is 589. The van der Waals surface area contributed by atoms with Gasteiger partial charge in [-0.25, -0.2) is 9.18 Å². The number of hydrogen-bond donors (Lipinski definition) is 3. The van der Waals surface area contributed by atoms with Gasteiger partial charge in [0, 0.05) is 10.4 Å². The number of thiophene rings is 1. The molecule has 0 aliphatic heterocycles. The van der Waals surface area contributed by atoms with Gasteiger partial charge in [0.2, 0.25) is 0 Å². The zero-order chi connectivity index (χ0) is 13.3. The predicted molar refractivity (Wildman–Crippen MR) is 72.6 cm³/mol. The summed E-state index contributed by atoms with van der Waals surface area (Å²) in [6.45, 7) is 0. The van der Waals surface area contributed by atoms with Crippen LogP contribution in [-0.2, 0) is 0 Å². The number of carboxylic acids is 1. The minimum atomic E-state index is -1.40. The van der Waals surface area contributed by atoms with Gasteiger partial charge in [-0.2, -0.15) is 0 Å². The molecule has 1 aromatic carbocycles. The lowest BCUT2D eigenvalue weighted by Gasteiger charge is -2.13. The van der Waals surface area contributed by atoms with Gasteiger partial charge in [-0.3, -0.25) is 0 Å². The maximum atomic E-state index is 13.3. The van der Waals surface area contributed by atoms with Crippen LogP contribution < -0.4 is 5.73 Å². The van der Waals surface area contributed by atoms with E-state index in [9.17, 15) is 14.3 Å². The molecule has 0 spiro atoms. The molecular formula is C12H11ClFNO3S. The Morgan fingerprint density at radius 2 is 2.11 bits per heavy atom. The maximum Gasteiger partial charge on any atom is 0.339 e. The SMILES string of the molecule is Cl.N[C@@H](c1cccs1)c1cc(F)cc(C(=O)O)c1O. The Morgan fingerprint density at radius 1 is 1.42 bits per heavy atom. The molecule has 2 aromatic rings. The highest BCUT2D eigenvalue weighted by molar-refractivity contribution is 7.10. The summed E-state index contributed by atoms with van der Waals surface area (Å²) in [6, 6.07) is 4.57. The van der Waals surface area contributed by atoms with E-state index >= 15 is 0 Å². The Kier molecular flexibility index (Phi) is 4.88. The lowest BCUT2D eigenvalue weighted by Crippen LogP contribution is -2.12. The van der Waals surface area contributed by atoms with Crippen molar-refractivity contribution in [3.8, 4) is 5.75 Å². The van der Waals surface area contributed by atoms with E-state index in [4.69, 9.17) is 10.8 Å². The Morgan fingerprint density at radius 3 is 2.63 bits per heavy atom. The number of halogens is 2. The normalized spacial score (nSPS) is 11.7. The molecule has 0 radical (unpaired) electrons. The quantitative estimate of drug-likeness (QED) is 0.814. The van der Waals surface area contributed by atoms with Gasteiger partial charge in [0.1, 0.15) is 17.1 Å². The number of aromatic hydroxyl groups is 1. The number of aromatic carboxylic acids is 1. The Hall–Kier alpha value is -1.63. The highest BCUT2D eigenvalue weighted by Crippen LogP contribution is 2.33. The lowest BCUT2D eigenvalue weighted by atomic mass is 10.0. The number of nitrogens with two attached hydrogens (primary N) is 1. The fourth-order valence-corrected chi connectivity index (χ4v) is 2.39. The summed E-state index contributed by atoms with van der Waals surface area (Å²) in [6.07, 6.45) is 0. The number of benzene rings is 1. The first-order valence-corrected chi connectivity index (χ1v) is 5.93. The van der Waals surface area contributed by atoms with Crippen molar-refractivity contribution >= 4 is 29.7 Å². The molecule has 4 N–H and O–H groups in total. The van der Waals surface area contributed by atoms with Crippen molar-refractivity contribution < 1.29 is 19.4 Å². The van der Waals surface area contributed by atoms with Gasteiger partial charge in [0.15, 0.2) is 0 Å². The summed E-state index contributed by atoms with van der Waals surface area (Å²) in [7, 11) is 0. The van der Waals surface area contributed by atoms with Crippen molar-refractivity contribution in [3.05, 3.63) is 51.5 Å². The third kappa shape index (κ3) is 3.04. The smallest absolute Gasteiger partial charge is 0.339 e. The van der Waals surface area contributed by atoms with Crippen molar-refractivity contribution in [1.29, 1.82) is 0 Å². The van der Waals surface area contributed by atoms with E-state index in [1.54, 1.807) is 17.5 Å². The molecule has 0 saturated heterocycles. The van der Waals surface area contributed by atoms with Crippen LogP contribution in [0.2, 0.25) is 0 Å². The average molecular weight is 304 g/mol. The van der Waals surface area contributed by atoms with E-state index in [0.717, 1.165) is 12.1 Å². The molecule has 1 heterocycles. The molecule has 1 aromatic heterocycles. The van der Waals surface area contributed by atoms with Crippen molar-refractivity contribution in [3.63, 3.8) is 0 Å². The molecule has 2 rings (SSSR count). The maximum absolute atomic E-state index is 13.3. The summed E-state index contributed by atoms with van der Waals surface area (Å²) in [4.78, 5) is 11.6. The molecule has 19 heavy (non-hydrogen) atoms. The monoisotopic (exact) mass is 303 g/mol. The minimum absolute atomic E-state index is 0. The van der Waals surface area contributed by atoms with Gasteiger partial charge in [0.05, 0.1) is 6.04 Å². The first-order chi connectivity index (χ1) is 8.50. The molecule has 0 saturated carbocycles. The van der Waals surface area contributed by atoms with Crippen molar-refractivity contribution in [2.75, 3.05) is 0 Å². The van der Waals surface area contributed by atoms with Gasteiger partial charge >= 0.3 is 5.97 Å². The number of carboxylic acid groups (broad SMARTS) is 1. The van der Waals surface area contributed by atoms with E-state index in [2.05, 4.69) is 0 Å². The first kappa shape index (κ1) is 15.4. The molecule has 4 nitrogen and oxygen atoms in total. The summed E-state index contributed by atoms with van der Waals surface area (Å²) in [5.74, 6) is -2.64. The summed E-state index contributed by atoms with van der Waals surface area (Å²) in [5.41, 5.74) is 5.47. The summed E-state index contributed by atoms with van der Waals surface area (Å²) >= 11 is 1.35. The molecule has 0 unspecified atom stereocenters. The van der Waals surface area contributed by atoms with E-state index in [0.29, 0.717) is 4.88 Å². The molecular weight excluding hydrogens is 293 g/mol. The summed E-state index contributed by atoms with van der Waals surface area (Å²) < 4.78 is 13.3. The fourth-order valence-electron chi connectivity index (χ4n) is 1.64. The second-order valence-corrected chi connectivity index (χ2v) is 4.67. The van der Waals surface area contributed by atoms with Crippen LogP contribution in [0, 0.1) is 5.82 Å². The predicted octanol–water partition coefficient (Wildman–Crippen LogP) is 2.76. The Balaban J connectivity index is 0.00000180. The number of carbonyl (C=O) groups is 1. The van der Waals surface area contributed by atoms with Crippen LogP contribution in [-0.4, -0.2) is 16.2 Å². The van der Waals surface area contributed by atoms with Crippen molar-refractivity contribution in [1.82, 2.24) is 0 Å². The molecule has 102 valence electrons. The zero-order valence-electron chi connectivity index (χ0n) is 9.54. The molecule has 7 heteroatoms. The van der Waals surface area contributed by atoms with Crippen LogP contribution in [0.4, 0.5) is 4.39 Å². The molecule has 1 atom stereocenters. The number of hydrogen-bond acceptors (Lipinski definition) is 4. The third-order valence-electron chi connectivity index (χ3n) is 2.52. The highest BCUT2D eigenvalue weighted by atomic mass is 35.5. The van der Waals surface area contributed by atoms with E-state index in [-0.39, 0.29) is 18.0 Å². The van der Waals surface area contributed by atoms with E-state index in [1.165, 1.54) is 11.3 Å². The second kappa shape index (κ2) is 6.01. The van der Waals surface area contributed by atoms with Gasteiger partial charge in [0.25, 0.3) is 0 Å². The van der Waals surface area contributed by atoms with Crippen LogP contribution in [0.15, 0.2) is 29.6 Å². The second-order valence-electron chi connectivity index (χ2n) is 3.69. The van der Waals surface area contributed by atoms with Gasteiger partial charge < -0.3 is 15.9 Å². The lowest BCUT2D eigenvalue weighted by molar-refractivity contribution is 0.0693. The molecule has 0 aliphatic rings. The van der Waals surface area contributed by atoms with Gasteiger partial charge in [-0.05, 0) is 23.6 Å². The van der Waals surface area contributed by atoms with Gasteiger partial charge in [-0.15, -0.1) is 23.7 Å². The largest absolute Gasteiger partial charge is 0.507 e. The third-order valence-corrected chi connectivity index (χ3v) is 3.47. The standard InChI is InChI=1S/C12H10FNO3S.ClH/c13-6-4-7(10(14)9-2-1-3-18-9)11(15)8(5-6)12(16)17;/h1-5,10,15H,14H2,(H,16,17);1H/t10-;/m1./s1. The number of rotatable bonds is 3. The van der Waals surface area contributed by atoms with Crippen molar-refractivity contribution in [2.45, 2.75) is 6.04 Å². The van der Waals surface area contributed by atoms with Gasteiger partial charge in [-0.1, -0.05) is 6.07 Å². The zero-order valence-corrected chi connectivity index (χ0v) is 11.2. The van der Waals surface area contributed by atoms with E-state index < -0.39 is 29.1 Å². The topological polar surface area (TPSA) is 83.6 Å². The van der Waals surface area contributed by atoms with E-state index in [1.807, 2.05) is 0 Å². The van der Waals surface area contributed by atoms with Crippen molar-refractivity contribution in [2.24, 2.45) is 5.73 Å². The first-order valence-electron chi connectivity index (χ1n) is 5.05. The van der Waals surface area contributed by atoms with Crippen LogP contribution in [0.5, 0.6) is 5.75 Å². The average Bonchev–Trinajstić information content (AvgIpc) is 2.84. The number of phenols is 1. The molecule has 0 amide bonds. The molecule has 0 aliphatic carbocycles. The minimum Gasteiger partial charge on any atom is -0.507 e. The molecule has 0 bridgehead atoms. The van der Waals surface area contributed by atoms with Crippen LogP contribution in [0.25, 0.3) is 0 Å². The van der Waals surface area contributed by atoms with Crippen LogP contribution in [0.1, 0.15) is 26.8 Å².